The number of sulfonamides is 2. The summed E-state index contributed by atoms with van der Waals surface area (Å²) in [7, 11) is -7.68. The van der Waals surface area contributed by atoms with Crippen molar-refractivity contribution in [2.24, 2.45) is 0 Å². The average molecular weight is 542 g/mol. The molecule has 9 nitrogen and oxygen atoms in total. The van der Waals surface area contributed by atoms with Crippen LogP contribution in [0, 0.1) is 0 Å². The Bertz CT molecular complexity index is 1400. The zero-order valence-corrected chi connectivity index (χ0v) is 20.8. The Hall–Kier alpha value is -2.48. The number of hydrogen-bond acceptors (Lipinski definition) is 7. The van der Waals surface area contributed by atoms with Gasteiger partial charge in [-0.1, -0.05) is 29.8 Å². The van der Waals surface area contributed by atoms with E-state index in [4.69, 9.17) is 16.3 Å². The largest absolute Gasteiger partial charge is 0.379 e. The summed E-state index contributed by atoms with van der Waals surface area (Å²) in [4.78, 5) is 13.0. The lowest BCUT2D eigenvalue weighted by Gasteiger charge is -2.26. The van der Waals surface area contributed by atoms with Crippen molar-refractivity contribution in [2.45, 2.75) is 9.10 Å². The number of thiophene rings is 1. The van der Waals surface area contributed by atoms with Crippen LogP contribution in [-0.4, -0.2) is 53.4 Å². The van der Waals surface area contributed by atoms with Gasteiger partial charge in [-0.25, -0.2) is 16.8 Å². The predicted molar refractivity (Wildman–Crippen MR) is 131 cm³/mol. The van der Waals surface area contributed by atoms with Gasteiger partial charge in [0, 0.05) is 13.1 Å². The molecular formula is C21H20ClN3O6S3. The van der Waals surface area contributed by atoms with Gasteiger partial charge in [0.15, 0.2) is 0 Å². The number of morpholine rings is 1. The van der Waals surface area contributed by atoms with Crippen molar-refractivity contribution in [3.05, 3.63) is 70.6 Å². The molecule has 2 aromatic carbocycles. The number of nitrogens with one attached hydrogen (secondary N) is 2. The molecule has 180 valence electrons. The Balaban J connectivity index is 1.60. The number of carbonyl (C=O) groups excluding carboxylic acids is 1. The van der Waals surface area contributed by atoms with E-state index in [1.54, 1.807) is 23.6 Å². The fourth-order valence-corrected chi connectivity index (χ4v) is 6.97. The molecule has 1 fully saturated rings. The smallest absolute Gasteiger partial charge is 0.271 e. The first kappa shape index (κ1) is 24.6. The number of benzene rings is 2. The molecule has 1 amide bonds. The van der Waals surface area contributed by atoms with E-state index in [0.29, 0.717) is 13.2 Å². The third kappa shape index (κ3) is 5.27. The molecule has 0 radical (unpaired) electrons. The number of anilines is 2. The monoisotopic (exact) mass is 541 g/mol. The van der Waals surface area contributed by atoms with Crippen molar-refractivity contribution in [3.8, 4) is 0 Å². The van der Waals surface area contributed by atoms with Crippen LogP contribution >= 0.6 is 22.9 Å². The molecule has 2 heterocycles. The second-order valence-electron chi connectivity index (χ2n) is 7.20. The predicted octanol–water partition coefficient (Wildman–Crippen LogP) is 3.48. The molecule has 13 heteroatoms. The van der Waals surface area contributed by atoms with Gasteiger partial charge in [-0.05, 0) is 41.8 Å². The van der Waals surface area contributed by atoms with Crippen molar-refractivity contribution in [1.82, 2.24) is 4.31 Å². The summed E-state index contributed by atoms with van der Waals surface area (Å²) in [5.41, 5.74) is 0.273. The van der Waals surface area contributed by atoms with Gasteiger partial charge in [-0.2, -0.15) is 4.31 Å². The summed E-state index contributed by atoms with van der Waals surface area (Å²) in [6, 6.07) is 13.2. The van der Waals surface area contributed by atoms with Crippen LogP contribution in [0.15, 0.2) is 69.1 Å². The normalized spacial score (nSPS) is 15.1. The van der Waals surface area contributed by atoms with Crippen LogP contribution < -0.4 is 10.0 Å². The number of ether oxygens (including phenoxy) is 1. The first-order chi connectivity index (χ1) is 16.2. The van der Waals surface area contributed by atoms with E-state index >= 15 is 0 Å². The van der Waals surface area contributed by atoms with Gasteiger partial charge in [0.25, 0.3) is 15.9 Å². The number of hydrogen-bond donors (Lipinski definition) is 2. The molecule has 2 N–H and O–H groups in total. The highest BCUT2D eigenvalue weighted by atomic mass is 35.5. The highest BCUT2D eigenvalue weighted by Crippen LogP contribution is 2.28. The number of para-hydroxylation sites is 2. The molecule has 0 spiro atoms. The third-order valence-electron chi connectivity index (χ3n) is 4.97. The van der Waals surface area contributed by atoms with Crippen LogP contribution in [0.1, 0.15) is 10.4 Å². The van der Waals surface area contributed by atoms with Gasteiger partial charge in [0.2, 0.25) is 10.0 Å². The molecule has 0 atom stereocenters. The molecule has 1 aromatic heterocycles. The zero-order chi connectivity index (χ0) is 24.3. The lowest BCUT2D eigenvalue weighted by atomic mass is 10.2. The van der Waals surface area contributed by atoms with Crippen LogP contribution in [0.3, 0.4) is 0 Å². The van der Waals surface area contributed by atoms with Crippen LogP contribution in [-0.2, 0) is 24.8 Å². The van der Waals surface area contributed by atoms with Crippen molar-refractivity contribution in [3.63, 3.8) is 0 Å². The highest BCUT2D eigenvalue weighted by molar-refractivity contribution is 7.94. The minimum absolute atomic E-state index is 0.0510. The van der Waals surface area contributed by atoms with Crippen molar-refractivity contribution < 1.29 is 26.4 Å². The second-order valence-corrected chi connectivity index (χ2v) is 12.4. The number of carbonyl (C=O) groups is 1. The lowest BCUT2D eigenvalue weighted by molar-refractivity contribution is 0.0730. The van der Waals surface area contributed by atoms with Crippen molar-refractivity contribution in [2.75, 3.05) is 36.3 Å². The van der Waals surface area contributed by atoms with Crippen LogP contribution in [0.5, 0.6) is 0 Å². The summed E-state index contributed by atoms with van der Waals surface area (Å²) in [5.74, 6) is -0.688. The maximum absolute atomic E-state index is 13.0. The number of halogens is 1. The van der Waals surface area contributed by atoms with Crippen LogP contribution in [0.25, 0.3) is 0 Å². The Morgan fingerprint density at radius 1 is 0.971 bits per heavy atom. The summed E-state index contributed by atoms with van der Waals surface area (Å²) >= 11 is 7.27. The van der Waals surface area contributed by atoms with E-state index in [9.17, 15) is 21.6 Å². The Kier molecular flexibility index (Phi) is 7.26. The van der Waals surface area contributed by atoms with Crippen LogP contribution in [0.4, 0.5) is 11.4 Å². The van der Waals surface area contributed by atoms with Crippen molar-refractivity contribution in [1.29, 1.82) is 0 Å². The Labute approximate surface area is 206 Å². The van der Waals surface area contributed by atoms with Gasteiger partial charge in [-0.3, -0.25) is 9.52 Å². The van der Waals surface area contributed by atoms with E-state index in [0.717, 1.165) is 11.3 Å². The van der Waals surface area contributed by atoms with Gasteiger partial charge < -0.3 is 10.1 Å². The molecule has 0 saturated carbocycles. The Morgan fingerprint density at radius 3 is 2.35 bits per heavy atom. The quantitative estimate of drug-likeness (QED) is 0.472. The molecule has 0 aliphatic carbocycles. The SMILES string of the molecule is O=C(Nc1ccccc1NS(=O)(=O)c1cccs1)c1cc(S(=O)(=O)N2CCOCC2)ccc1Cl. The second kappa shape index (κ2) is 10.0. The van der Waals surface area contributed by atoms with Gasteiger partial charge >= 0.3 is 0 Å². The van der Waals surface area contributed by atoms with E-state index in [1.807, 2.05) is 0 Å². The van der Waals surface area contributed by atoms with E-state index in [-0.39, 0.29) is 44.2 Å². The molecule has 3 aromatic rings. The molecule has 0 unspecified atom stereocenters. The number of amides is 1. The zero-order valence-electron chi connectivity index (χ0n) is 17.6. The molecule has 4 rings (SSSR count). The number of nitrogens with zero attached hydrogens (tertiary/aromatic N) is 1. The van der Waals surface area contributed by atoms with Crippen LogP contribution in [0.2, 0.25) is 5.02 Å². The van der Waals surface area contributed by atoms with Gasteiger partial charge in [0.1, 0.15) is 4.21 Å². The summed E-state index contributed by atoms with van der Waals surface area (Å²) in [6.07, 6.45) is 0. The first-order valence-corrected chi connectivity index (χ1v) is 14.2. The summed E-state index contributed by atoms with van der Waals surface area (Å²) < 4.78 is 60.3. The molecular weight excluding hydrogens is 522 g/mol. The van der Waals surface area contributed by atoms with Gasteiger partial charge in [0.05, 0.1) is 40.1 Å². The summed E-state index contributed by atoms with van der Waals surface area (Å²) in [5, 5.41) is 4.31. The molecule has 1 aliphatic heterocycles. The first-order valence-electron chi connectivity index (χ1n) is 10.0. The molecule has 0 bridgehead atoms. The topological polar surface area (TPSA) is 122 Å². The fraction of sp³-hybridized carbons (Fsp3) is 0.190. The maximum Gasteiger partial charge on any atom is 0.271 e. The minimum atomic E-state index is -3.84. The molecule has 34 heavy (non-hydrogen) atoms. The maximum atomic E-state index is 13.0. The minimum Gasteiger partial charge on any atom is -0.379 e. The van der Waals surface area contributed by atoms with E-state index in [2.05, 4.69) is 10.0 Å². The molecule has 1 aliphatic rings. The van der Waals surface area contributed by atoms with Crippen molar-refractivity contribution >= 4 is 60.3 Å². The summed E-state index contributed by atoms with van der Waals surface area (Å²) in [6.45, 7) is 1.01. The van der Waals surface area contributed by atoms with E-state index < -0.39 is 26.0 Å². The third-order valence-corrected chi connectivity index (χ3v) is 9.96. The highest BCUT2D eigenvalue weighted by Gasteiger charge is 2.28. The number of rotatable bonds is 7. The van der Waals surface area contributed by atoms with Gasteiger partial charge in [-0.15, -0.1) is 11.3 Å². The average Bonchev–Trinajstić information content (AvgIpc) is 3.37. The fourth-order valence-electron chi connectivity index (χ4n) is 3.26. The lowest BCUT2D eigenvalue weighted by Crippen LogP contribution is -2.40. The molecule has 1 saturated heterocycles. The Morgan fingerprint density at radius 2 is 1.68 bits per heavy atom. The van der Waals surface area contributed by atoms with E-state index in [1.165, 1.54) is 40.7 Å². The standard InChI is InChI=1S/C21H20ClN3O6S3/c22-17-8-7-15(34(29,30)25-9-11-31-12-10-25)14-16(17)21(26)23-18-4-1-2-5-19(18)24-33(27,28)20-6-3-13-32-20/h1-8,13-14,24H,9-12H2,(H,23,26).